The summed E-state index contributed by atoms with van der Waals surface area (Å²) in [5.74, 6) is 2.34. The molecule has 4 atom stereocenters. The summed E-state index contributed by atoms with van der Waals surface area (Å²) < 4.78 is 0. The smallest absolute Gasteiger partial charge is 0.152 e. The molecule has 0 aliphatic carbocycles. The summed E-state index contributed by atoms with van der Waals surface area (Å²) in [6.07, 6.45) is 5.88. The summed E-state index contributed by atoms with van der Waals surface area (Å²) >= 11 is 0. The van der Waals surface area contributed by atoms with Crippen LogP contribution in [0.5, 0.6) is 0 Å². The van der Waals surface area contributed by atoms with E-state index in [1.807, 2.05) is 18.2 Å². The quantitative estimate of drug-likeness (QED) is 0.630. The Bertz CT molecular complexity index is 1020. The number of para-hydroxylation sites is 1. The largest absolute Gasteiger partial charge is 0.371 e. The number of hydrogen-bond donors (Lipinski definition) is 0. The van der Waals surface area contributed by atoms with Crippen molar-refractivity contribution in [1.82, 2.24) is 10.2 Å². The van der Waals surface area contributed by atoms with Crippen molar-refractivity contribution in [2.45, 2.75) is 18.5 Å². The van der Waals surface area contributed by atoms with Crippen LogP contribution in [0.3, 0.4) is 0 Å². The first-order valence-electron chi connectivity index (χ1n) is 10.5. The van der Waals surface area contributed by atoms with Crippen molar-refractivity contribution in [2.75, 3.05) is 22.9 Å². The molecule has 4 heterocycles. The number of nitrogens with zero attached hydrogens (tertiary/aromatic N) is 4. The lowest BCUT2D eigenvalue weighted by Gasteiger charge is -2.36. The third-order valence-electron chi connectivity index (χ3n) is 6.84. The zero-order chi connectivity index (χ0) is 19.2. The van der Waals surface area contributed by atoms with E-state index >= 15 is 0 Å². The Kier molecular flexibility index (Phi) is 3.89. The fraction of sp³-hybridized carbons (Fsp3) is 0.280. The van der Waals surface area contributed by atoms with Crippen LogP contribution in [-0.2, 0) is 0 Å². The van der Waals surface area contributed by atoms with Gasteiger partial charge in [0, 0.05) is 42.2 Å². The molecule has 6 rings (SSSR count). The molecule has 0 spiro atoms. The monoisotopic (exact) mass is 380 g/mol. The highest BCUT2D eigenvalue weighted by Gasteiger charge is 2.53. The fourth-order valence-corrected chi connectivity index (χ4v) is 5.54. The number of anilines is 2. The molecule has 144 valence electrons. The van der Waals surface area contributed by atoms with Crippen LogP contribution in [0, 0.1) is 11.8 Å². The fourth-order valence-electron chi connectivity index (χ4n) is 5.54. The minimum atomic E-state index is 0.421. The molecule has 3 aliphatic heterocycles. The molecule has 0 saturated carbocycles. The van der Waals surface area contributed by atoms with Gasteiger partial charge >= 0.3 is 0 Å². The molecule has 0 radical (unpaired) electrons. The maximum atomic E-state index is 4.65. The molecule has 29 heavy (non-hydrogen) atoms. The lowest BCUT2D eigenvalue weighted by atomic mass is 9.91. The lowest BCUT2D eigenvalue weighted by molar-refractivity contribution is 0.450. The third-order valence-corrected chi connectivity index (χ3v) is 6.84. The average molecular weight is 380 g/mol. The Hall–Kier alpha value is -3.14. The topological polar surface area (TPSA) is 32.3 Å². The first-order chi connectivity index (χ1) is 14.4. The van der Waals surface area contributed by atoms with Crippen molar-refractivity contribution in [3.63, 3.8) is 0 Å². The predicted molar refractivity (Wildman–Crippen MR) is 117 cm³/mol. The second-order valence-corrected chi connectivity index (χ2v) is 8.34. The maximum Gasteiger partial charge on any atom is 0.152 e. The van der Waals surface area contributed by atoms with Crippen LogP contribution in [0.4, 0.5) is 11.5 Å². The second-order valence-electron chi connectivity index (χ2n) is 8.34. The van der Waals surface area contributed by atoms with Crippen molar-refractivity contribution in [3.8, 4) is 11.3 Å². The van der Waals surface area contributed by atoms with Gasteiger partial charge < -0.3 is 9.80 Å². The number of rotatable bonds is 3. The lowest BCUT2D eigenvalue weighted by Crippen LogP contribution is -2.43. The number of aromatic nitrogens is 2. The summed E-state index contributed by atoms with van der Waals surface area (Å²) in [6.45, 7) is 2.25. The van der Waals surface area contributed by atoms with Gasteiger partial charge in [-0.3, -0.25) is 0 Å². The molecular formula is C25H24N4. The van der Waals surface area contributed by atoms with Gasteiger partial charge in [0.2, 0.25) is 0 Å². The van der Waals surface area contributed by atoms with Crippen molar-refractivity contribution >= 4 is 11.5 Å². The highest BCUT2D eigenvalue weighted by molar-refractivity contribution is 5.60. The Labute approximate surface area is 171 Å². The summed E-state index contributed by atoms with van der Waals surface area (Å²) in [5, 5.41) is 9.20. The molecule has 0 N–H and O–H groups in total. The van der Waals surface area contributed by atoms with Gasteiger partial charge in [0.05, 0.1) is 11.7 Å². The molecule has 2 fully saturated rings. The molecule has 4 heteroatoms. The van der Waals surface area contributed by atoms with E-state index in [1.165, 1.54) is 5.69 Å². The highest BCUT2D eigenvalue weighted by atomic mass is 15.3. The molecule has 3 aromatic rings. The summed E-state index contributed by atoms with van der Waals surface area (Å²) in [7, 11) is 0. The van der Waals surface area contributed by atoms with Crippen molar-refractivity contribution in [1.29, 1.82) is 0 Å². The summed E-state index contributed by atoms with van der Waals surface area (Å²) in [6, 6.07) is 26.3. The Balaban J connectivity index is 1.27. The van der Waals surface area contributed by atoms with E-state index in [0.29, 0.717) is 23.9 Å². The van der Waals surface area contributed by atoms with Crippen LogP contribution in [-0.4, -0.2) is 35.4 Å². The van der Waals surface area contributed by atoms with Crippen LogP contribution in [0.1, 0.15) is 6.42 Å². The van der Waals surface area contributed by atoms with Gasteiger partial charge in [-0.1, -0.05) is 60.7 Å². The van der Waals surface area contributed by atoms with Crippen LogP contribution in [0.15, 0.2) is 84.9 Å². The second kappa shape index (κ2) is 6.73. The normalized spacial score (nSPS) is 27.3. The molecule has 1 aromatic heterocycles. The predicted octanol–water partition coefficient (Wildman–Crippen LogP) is 4.41. The Morgan fingerprint density at radius 2 is 1.52 bits per heavy atom. The first-order valence-corrected chi connectivity index (χ1v) is 10.5. The van der Waals surface area contributed by atoms with E-state index in [1.54, 1.807) is 0 Å². The number of hydrogen-bond acceptors (Lipinski definition) is 4. The Morgan fingerprint density at radius 3 is 2.28 bits per heavy atom. The van der Waals surface area contributed by atoms with Crippen molar-refractivity contribution in [2.24, 2.45) is 11.8 Å². The van der Waals surface area contributed by atoms with Crippen molar-refractivity contribution in [3.05, 3.63) is 84.9 Å². The molecule has 2 bridgehead atoms. The van der Waals surface area contributed by atoms with Gasteiger partial charge in [0.15, 0.2) is 5.82 Å². The Morgan fingerprint density at radius 1 is 0.759 bits per heavy atom. The maximum absolute atomic E-state index is 4.65. The van der Waals surface area contributed by atoms with E-state index in [4.69, 9.17) is 0 Å². The summed E-state index contributed by atoms with van der Waals surface area (Å²) in [5.41, 5.74) is 3.40. The number of benzene rings is 2. The molecule has 2 saturated heterocycles. The van der Waals surface area contributed by atoms with Crippen LogP contribution in [0.25, 0.3) is 11.3 Å². The van der Waals surface area contributed by atoms with E-state index in [-0.39, 0.29) is 0 Å². The standard InChI is InChI=1S/C25H24N4/c1-3-8-18(9-4-1)22-14-15-25(27-26-22)29-23-12-7-13-24(29)21-17-28(16-20(21)23)19-10-5-2-6-11-19/h1-12,14-15,20-21,23-24H,13,16-17H2. The SMILES string of the molecule is C1=CC2C3CN(c4ccccc4)CC3C(C1)N2c1ccc(-c2ccccc2)nn1. The zero-order valence-corrected chi connectivity index (χ0v) is 16.3. The minimum Gasteiger partial charge on any atom is -0.371 e. The molecule has 4 nitrogen and oxygen atoms in total. The molecule has 0 amide bonds. The van der Waals surface area contributed by atoms with Gasteiger partial charge in [-0.25, -0.2) is 0 Å². The molecule has 4 unspecified atom stereocenters. The van der Waals surface area contributed by atoms with Crippen LogP contribution < -0.4 is 9.80 Å². The van der Waals surface area contributed by atoms with Gasteiger partial charge in [0.25, 0.3) is 0 Å². The first kappa shape index (κ1) is 16.8. The third kappa shape index (κ3) is 2.74. The van der Waals surface area contributed by atoms with Crippen LogP contribution in [0.2, 0.25) is 0 Å². The van der Waals surface area contributed by atoms with Crippen LogP contribution >= 0.6 is 0 Å². The van der Waals surface area contributed by atoms with E-state index in [2.05, 4.69) is 86.7 Å². The van der Waals surface area contributed by atoms with Crippen molar-refractivity contribution < 1.29 is 0 Å². The van der Waals surface area contributed by atoms with Gasteiger partial charge in [0.1, 0.15) is 0 Å². The average Bonchev–Trinajstić information content (AvgIpc) is 3.31. The number of fused-ring (bicyclic) bond motifs is 5. The van der Waals surface area contributed by atoms with Gasteiger partial charge in [-0.15, -0.1) is 10.2 Å². The van der Waals surface area contributed by atoms with Gasteiger partial charge in [-0.2, -0.15) is 0 Å². The van der Waals surface area contributed by atoms with Gasteiger partial charge in [-0.05, 0) is 30.7 Å². The summed E-state index contributed by atoms with van der Waals surface area (Å²) in [4.78, 5) is 5.11. The molecule has 2 aromatic carbocycles. The molecular weight excluding hydrogens is 356 g/mol. The zero-order valence-electron chi connectivity index (χ0n) is 16.3. The minimum absolute atomic E-state index is 0.421. The van der Waals surface area contributed by atoms with E-state index in [9.17, 15) is 0 Å². The van der Waals surface area contributed by atoms with E-state index < -0.39 is 0 Å². The molecule has 3 aliphatic rings. The highest BCUT2D eigenvalue weighted by Crippen LogP contribution is 2.47. The van der Waals surface area contributed by atoms with E-state index in [0.717, 1.165) is 36.6 Å².